The van der Waals surface area contributed by atoms with E-state index in [0.29, 0.717) is 17.7 Å². The summed E-state index contributed by atoms with van der Waals surface area (Å²) in [5.41, 5.74) is 0.295. The fourth-order valence-electron chi connectivity index (χ4n) is 2.19. The lowest BCUT2D eigenvalue weighted by atomic mass is 10.2. The molecule has 1 fully saturated rings. The number of nitrogens with zero attached hydrogens (tertiary/aromatic N) is 2. The normalized spacial score (nSPS) is 15.3. The summed E-state index contributed by atoms with van der Waals surface area (Å²) in [5.74, 6) is 0.561. The Kier molecular flexibility index (Phi) is 3.36. The summed E-state index contributed by atoms with van der Waals surface area (Å²) in [6.45, 7) is 1.85. The molecule has 0 aliphatic heterocycles. The molecule has 1 N–H and O–H groups in total. The van der Waals surface area contributed by atoms with Crippen molar-refractivity contribution in [3.8, 4) is 0 Å². The van der Waals surface area contributed by atoms with Crippen LogP contribution in [0.1, 0.15) is 30.1 Å². The van der Waals surface area contributed by atoms with E-state index in [1.165, 1.54) is 12.1 Å². The van der Waals surface area contributed by atoms with Crippen molar-refractivity contribution in [1.82, 2.24) is 9.55 Å². The van der Waals surface area contributed by atoms with Crippen LogP contribution in [0.15, 0.2) is 24.4 Å². The summed E-state index contributed by atoms with van der Waals surface area (Å²) in [6.07, 6.45) is -0.436. The molecule has 2 aromatic rings. The first-order chi connectivity index (χ1) is 9.84. The Morgan fingerprint density at radius 2 is 2.05 bits per heavy atom. The molecule has 3 nitrogen and oxygen atoms in total. The smallest absolute Gasteiger partial charge is 0.326 e. The third-order valence-electron chi connectivity index (χ3n) is 3.32. The van der Waals surface area contributed by atoms with Crippen molar-refractivity contribution >= 4 is 23.2 Å². The van der Waals surface area contributed by atoms with Crippen LogP contribution >= 0.6 is 11.6 Å². The summed E-state index contributed by atoms with van der Waals surface area (Å²) >= 11 is 5.61. The van der Waals surface area contributed by atoms with Crippen LogP contribution in [-0.4, -0.2) is 9.55 Å². The van der Waals surface area contributed by atoms with Crippen molar-refractivity contribution in [2.75, 3.05) is 5.32 Å². The van der Waals surface area contributed by atoms with Gasteiger partial charge in [0.15, 0.2) is 0 Å². The zero-order valence-corrected chi connectivity index (χ0v) is 12.0. The van der Waals surface area contributed by atoms with Gasteiger partial charge in [0.2, 0.25) is 5.95 Å². The first-order valence-electron chi connectivity index (χ1n) is 6.54. The number of imidazole rings is 1. The zero-order chi connectivity index (χ0) is 15.2. The van der Waals surface area contributed by atoms with Gasteiger partial charge in [0.25, 0.3) is 0 Å². The third-order valence-corrected chi connectivity index (χ3v) is 3.65. The number of hydrogen-bond donors (Lipinski definition) is 1. The van der Waals surface area contributed by atoms with Crippen LogP contribution in [-0.2, 0) is 6.18 Å². The molecule has 0 spiro atoms. The Bertz CT molecular complexity index is 675. The predicted octanol–water partition coefficient (Wildman–Crippen LogP) is 4.94. The molecule has 0 saturated heterocycles. The van der Waals surface area contributed by atoms with Crippen molar-refractivity contribution < 1.29 is 13.2 Å². The van der Waals surface area contributed by atoms with Crippen LogP contribution in [0.4, 0.5) is 24.8 Å². The summed E-state index contributed by atoms with van der Waals surface area (Å²) < 4.78 is 40.5. The Morgan fingerprint density at radius 3 is 2.67 bits per heavy atom. The molecule has 1 aliphatic carbocycles. The number of rotatable bonds is 3. The maximum atomic E-state index is 12.9. The van der Waals surface area contributed by atoms with Crippen LogP contribution in [0.3, 0.4) is 0 Å². The third kappa shape index (κ3) is 3.00. The molecule has 0 bridgehead atoms. The minimum atomic E-state index is -4.48. The second-order valence-electron chi connectivity index (χ2n) is 5.16. The maximum Gasteiger partial charge on any atom is 0.417 e. The zero-order valence-electron chi connectivity index (χ0n) is 11.2. The molecule has 7 heteroatoms. The number of alkyl halides is 3. The van der Waals surface area contributed by atoms with E-state index < -0.39 is 11.7 Å². The van der Waals surface area contributed by atoms with Crippen molar-refractivity contribution in [1.29, 1.82) is 0 Å². The van der Waals surface area contributed by atoms with Gasteiger partial charge in [-0.15, -0.1) is 0 Å². The number of anilines is 2. The highest BCUT2D eigenvalue weighted by molar-refractivity contribution is 6.31. The average molecular weight is 316 g/mol. The molecule has 21 heavy (non-hydrogen) atoms. The lowest BCUT2D eigenvalue weighted by Gasteiger charge is -2.13. The van der Waals surface area contributed by atoms with Gasteiger partial charge in [-0.2, -0.15) is 13.2 Å². The first kappa shape index (κ1) is 14.3. The van der Waals surface area contributed by atoms with Crippen LogP contribution in [0.25, 0.3) is 0 Å². The first-order valence-corrected chi connectivity index (χ1v) is 6.91. The molecule has 0 unspecified atom stereocenters. The number of nitrogens with one attached hydrogen (secondary N) is 1. The molecule has 1 aromatic carbocycles. The SMILES string of the molecule is Cc1cn(C2CC2)c(Nc2ccc(Cl)c(C(F)(F)F)c2)n1. The van der Waals surface area contributed by atoms with Gasteiger partial charge in [-0.25, -0.2) is 4.98 Å². The molecule has 1 heterocycles. The average Bonchev–Trinajstić information content (AvgIpc) is 3.15. The van der Waals surface area contributed by atoms with Gasteiger partial charge in [0.1, 0.15) is 0 Å². The lowest BCUT2D eigenvalue weighted by Crippen LogP contribution is -2.07. The van der Waals surface area contributed by atoms with Gasteiger partial charge in [-0.3, -0.25) is 0 Å². The van der Waals surface area contributed by atoms with E-state index in [4.69, 9.17) is 11.6 Å². The largest absolute Gasteiger partial charge is 0.417 e. The highest BCUT2D eigenvalue weighted by Gasteiger charge is 2.33. The molecule has 1 saturated carbocycles. The Balaban J connectivity index is 1.92. The molecule has 1 aliphatic rings. The topological polar surface area (TPSA) is 29.9 Å². The fraction of sp³-hybridized carbons (Fsp3) is 0.357. The van der Waals surface area contributed by atoms with Crippen LogP contribution < -0.4 is 5.32 Å². The second kappa shape index (κ2) is 4.94. The number of hydrogen-bond acceptors (Lipinski definition) is 2. The van der Waals surface area contributed by atoms with Crippen LogP contribution in [0.5, 0.6) is 0 Å². The molecule has 0 radical (unpaired) electrons. The predicted molar refractivity (Wildman–Crippen MR) is 75.0 cm³/mol. The van der Waals surface area contributed by atoms with Gasteiger partial charge < -0.3 is 9.88 Å². The lowest BCUT2D eigenvalue weighted by molar-refractivity contribution is -0.137. The van der Waals surface area contributed by atoms with Gasteiger partial charge in [-0.05, 0) is 38.0 Å². The van der Waals surface area contributed by atoms with Crippen molar-refractivity contribution in [2.24, 2.45) is 0 Å². The quantitative estimate of drug-likeness (QED) is 0.869. The van der Waals surface area contributed by atoms with Gasteiger partial charge >= 0.3 is 6.18 Å². The number of halogens is 4. The van der Waals surface area contributed by atoms with E-state index >= 15 is 0 Å². The molecule has 0 amide bonds. The molecular formula is C14H13ClF3N3. The summed E-state index contributed by atoms with van der Waals surface area (Å²) in [5, 5.41) is 2.64. The number of aryl methyl sites for hydroxylation is 1. The van der Waals surface area contributed by atoms with Gasteiger partial charge in [0.05, 0.1) is 16.3 Å². The van der Waals surface area contributed by atoms with Crippen LogP contribution in [0, 0.1) is 6.92 Å². The monoisotopic (exact) mass is 315 g/mol. The van der Waals surface area contributed by atoms with Crippen LogP contribution in [0.2, 0.25) is 5.02 Å². The van der Waals surface area contributed by atoms with Crippen molar-refractivity contribution in [3.63, 3.8) is 0 Å². The fourth-order valence-corrected chi connectivity index (χ4v) is 2.41. The Labute approximate surface area is 124 Å². The molecule has 112 valence electrons. The van der Waals surface area contributed by atoms with E-state index in [1.807, 2.05) is 17.7 Å². The van der Waals surface area contributed by atoms with E-state index in [0.717, 1.165) is 24.6 Å². The van der Waals surface area contributed by atoms with E-state index in [9.17, 15) is 13.2 Å². The van der Waals surface area contributed by atoms with E-state index in [-0.39, 0.29) is 5.02 Å². The number of benzene rings is 1. The minimum absolute atomic E-state index is 0.310. The van der Waals surface area contributed by atoms with Crippen molar-refractivity contribution in [2.45, 2.75) is 32.0 Å². The standard InChI is InChI=1S/C14H13ClF3N3/c1-8-7-21(10-3-4-10)13(19-8)20-9-2-5-12(15)11(6-9)14(16,17)18/h2,5-7,10H,3-4H2,1H3,(H,19,20). The van der Waals surface area contributed by atoms with E-state index in [2.05, 4.69) is 10.3 Å². The Morgan fingerprint density at radius 1 is 1.33 bits per heavy atom. The maximum absolute atomic E-state index is 12.9. The molecule has 1 aromatic heterocycles. The van der Waals surface area contributed by atoms with Crippen molar-refractivity contribution in [3.05, 3.63) is 40.7 Å². The minimum Gasteiger partial charge on any atom is -0.326 e. The molecule has 3 rings (SSSR count). The van der Waals surface area contributed by atoms with Gasteiger partial charge in [0, 0.05) is 17.9 Å². The Hall–Kier alpha value is -1.69. The number of aromatic nitrogens is 2. The highest BCUT2D eigenvalue weighted by atomic mass is 35.5. The summed E-state index contributed by atoms with van der Waals surface area (Å²) in [4.78, 5) is 4.32. The van der Waals surface area contributed by atoms with E-state index in [1.54, 1.807) is 0 Å². The summed E-state index contributed by atoms with van der Waals surface area (Å²) in [7, 11) is 0. The second-order valence-corrected chi connectivity index (χ2v) is 5.57. The van der Waals surface area contributed by atoms with Gasteiger partial charge in [-0.1, -0.05) is 11.6 Å². The summed E-state index contributed by atoms with van der Waals surface area (Å²) in [6, 6.07) is 4.15. The molecular weight excluding hydrogens is 303 g/mol. The molecule has 0 atom stereocenters. The highest BCUT2D eigenvalue weighted by Crippen LogP contribution is 2.39.